The number of nitrogens with zero attached hydrogens (tertiary/aromatic N) is 2. The molecule has 1 aliphatic heterocycles. The smallest absolute Gasteiger partial charge is 0.270 e. The molecule has 4 rings (SSSR count). The number of hydrogen-bond acceptors (Lipinski definition) is 3. The third-order valence-corrected chi connectivity index (χ3v) is 6.02. The number of thiocarbonyl (C=S) groups is 1. The summed E-state index contributed by atoms with van der Waals surface area (Å²) in [5.41, 5.74) is 6.80. The Hall–Kier alpha value is -3.51. The molecule has 6 heteroatoms. The molecular weight excluding hydrogens is 418 g/mol. The van der Waals surface area contributed by atoms with Crippen molar-refractivity contribution in [3.05, 3.63) is 88.2 Å². The molecule has 0 unspecified atom stereocenters. The summed E-state index contributed by atoms with van der Waals surface area (Å²) >= 11 is 5.30. The van der Waals surface area contributed by atoms with Crippen LogP contribution < -0.4 is 10.2 Å². The summed E-state index contributed by atoms with van der Waals surface area (Å²) in [6.45, 7) is 8.07. The van der Waals surface area contributed by atoms with Crippen LogP contribution in [-0.2, 0) is 16.0 Å². The second-order valence-corrected chi connectivity index (χ2v) is 8.37. The van der Waals surface area contributed by atoms with E-state index in [1.807, 2.05) is 45.0 Å². The van der Waals surface area contributed by atoms with Gasteiger partial charge in [0.25, 0.3) is 11.8 Å². The van der Waals surface area contributed by atoms with E-state index in [0.29, 0.717) is 5.69 Å². The fraction of sp³-hybridized carbons (Fsp3) is 0.192. The molecule has 162 valence electrons. The Morgan fingerprint density at radius 3 is 2.34 bits per heavy atom. The summed E-state index contributed by atoms with van der Waals surface area (Å²) in [5.74, 6) is -0.914. The first kappa shape index (κ1) is 21.7. The molecular formula is C26H25N3O2S. The second-order valence-electron chi connectivity index (χ2n) is 7.98. The minimum Gasteiger partial charge on any atom is -0.318 e. The second kappa shape index (κ2) is 8.55. The summed E-state index contributed by atoms with van der Waals surface area (Å²) in [7, 11) is 0. The van der Waals surface area contributed by atoms with Crippen LogP contribution in [0.2, 0.25) is 0 Å². The Kier molecular flexibility index (Phi) is 5.80. The van der Waals surface area contributed by atoms with Gasteiger partial charge in [-0.1, -0.05) is 31.2 Å². The van der Waals surface area contributed by atoms with Gasteiger partial charge in [-0.25, -0.2) is 0 Å². The zero-order valence-electron chi connectivity index (χ0n) is 18.6. The summed E-state index contributed by atoms with van der Waals surface area (Å²) in [6, 6.07) is 17.9. The van der Waals surface area contributed by atoms with Gasteiger partial charge < -0.3 is 4.57 Å². The van der Waals surface area contributed by atoms with Gasteiger partial charge in [-0.3, -0.25) is 19.8 Å². The van der Waals surface area contributed by atoms with E-state index in [2.05, 4.69) is 41.1 Å². The lowest BCUT2D eigenvalue weighted by molar-refractivity contribution is -0.122. The van der Waals surface area contributed by atoms with Gasteiger partial charge in [0.15, 0.2) is 5.11 Å². The average molecular weight is 444 g/mol. The molecule has 3 aromatic rings. The standard InChI is InChI=1S/C26H25N3O2S/c1-5-19-9-11-21(12-10-19)28-17(3)14-20(18(28)4)15-23-24(30)27-26(32)29(25(23)31)22-8-6-7-16(2)13-22/h6-15H,5H2,1-4H3,(H,27,30,32)/b23-15+. The Morgan fingerprint density at radius 1 is 0.969 bits per heavy atom. The number of aromatic nitrogens is 1. The Bertz CT molecular complexity index is 1270. The van der Waals surface area contributed by atoms with E-state index >= 15 is 0 Å². The maximum absolute atomic E-state index is 13.3. The van der Waals surface area contributed by atoms with Crippen molar-refractivity contribution in [2.45, 2.75) is 34.1 Å². The number of hydrogen-bond donors (Lipinski definition) is 1. The van der Waals surface area contributed by atoms with Crippen molar-refractivity contribution in [2.75, 3.05) is 4.90 Å². The lowest BCUT2D eigenvalue weighted by Gasteiger charge is -2.29. The highest BCUT2D eigenvalue weighted by Gasteiger charge is 2.34. The number of rotatable bonds is 4. The highest BCUT2D eigenvalue weighted by molar-refractivity contribution is 7.80. The summed E-state index contributed by atoms with van der Waals surface area (Å²) in [6.07, 6.45) is 2.64. The van der Waals surface area contributed by atoms with E-state index in [-0.39, 0.29) is 10.7 Å². The van der Waals surface area contributed by atoms with E-state index in [1.165, 1.54) is 10.5 Å². The fourth-order valence-corrected chi connectivity index (χ4v) is 4.31. The van der Waals surface area contributed by atoms with Gasteiger partial charge in [0.2, 0.25) is 0 Å². The molecule has 0 spiro atoms. The largest absolute Gasteiger partial charge is 0.318 e. The van der Waals surface area contributed by atoms with Crippen molar-refractivity contribution in [3.8, 4) is 5.69 Å². The monoisotopic (exact) mass is 443 g/mol. The summed E-state index contributed by atoms with van der Waals surface area (Å²) in [5, 5.41) is 2.74. The first-order chi connectivity index (χ1) is 15.3. The Balaban J connectivity index is 1.74. The zero-order valence-corrected chi connectivity index (χ0v) is 19.4. The van der Waals surface area contributed by atoms with Crippen molar-refractivity contribution in [2.24, 2.45) is 0 Å². The van der Waals surface area contributed by atoms with Crippen LogP contribution in [0.4, 0.5) is 5.69 Å². The number of carbonyl (C=O) groups is 2. The van der Waals surface area contributed by atoms with Gasteiger partial charge in [0.1, 0.15) is 5.57 Å². The molecule has 0 saturated carbocycles. The quantitative estimate of drug-likeness (QED) is 0.358. The highest BCUT2D eigenvalue weighted by Crippen LogP contribution is 2.26. The van der Waals surface area contributed by atoms with Crippen LogP contribution in [0.25, 0.3) is 11.8 Å². The Labute approximate surface area is 193 Å². The third-order valence-electron chi connectivity index (χ3n) is 5.73. The molecule has 2 heterocycles. The molecule has 1 aliphatic rings. The van der Waals surface area contributed by atoms with Gasteiger partial charge in [0.05, 0.1) is 5.69 Å². The number of anilines is 1. The molecule has 5 nitrogen and oxygen atoms in total. The van der Waals surface area contributed by atoms with Gasteiger partial charge >= 0.3 is 0 Å². The van der Waals surface area contributed by atoms with E-state index in [0.717, 1.165) is 34.6 Å². The average Bonchev–Trinajstić information content (AvgIpc) is 3.04. The molecule has 0 radical (unpaired) electrons. The molecule has 2 aromatic carbocycles. The van der Waals surface area contributed by atoms with Crippen molar-refractivity contribution in [3.63, 3.8) is 0 Å². The summed E-state index contributed by atoms with van der Waals surface area (Å²) in [4.78, 5) is 27.4. The first-order valence-electron chi connectivity index (χ1n) is 10.6. The van der Waals surface area contributed by atoms with Gasteiger partial charge in [-0.05, 0) is 92.5 Å². The molecule has 1 saturated heterocycles. The topological polar surface area (TPSA) is 54.3 Å². The van der Waals surface area contributed by atoms with Crippen LogP contribution in [0, 0.1) is 20.8 Å². The van der Waals surface area contributed by atoms with E-state index < -0.39 is 11.8 Å². The number of benzene rings is 2. The number of nitrogens with one attached hydrogen (secondary N) is 1. The van der Waals surface area contributed by atoms with Crippen LogP contribution in [0.15, 0.2) is 60.2 Å². The van der Waals surface area contributed by atoms with Gasteiger partial charge in [-0.2, -0.15) is 0 Å². The van der Waals surface area contributed by atoms with Crippen LogP contribution in [0.5, 0.6) is 0 Å². The molecule has 2 amide bonds. The first-order valence-corrected chi connectivity index (χ1v) is 11.0. The minimum absolute atomic E-state index is 0.0571. The molecule has 0 bridgehead atoms. The van der Waals surface area contributed by atoms with Crippen molar-refractivity contribution < 1.29 is 9.59 Å². The fourth-order valence-electron chi connectivity index (χ4n) is 4.03. The normalized spacial score (nSPS) is 15.4. The number of aryl methyl sites for hydroxylation is 3. The predicted octanol–water partition coefficient (Wildman–Crippen LogP) is 4.80. The van der Waals surface area contributed by atoms with Crippen molar-refractivity contribution in [1.82, 2.24) is 9.88 Å². The Morgan fingerprint density at radius 2 is 1.69 bits per heavy atom. The van der Waals surface area contributed by atoms with Crippen molar-refractivity contribution >= 4 is 40.9 Å². The van der Waals surface area contributed by atoms with Crippen LogP contribution >= 0.6 is 12.2 Å². The van der Waals surface area contributed by atoms with Gasteiger partial charge in [0, 0.05) is 17.1 Å². The lowest BCUT2D eigenvalue weighted by atomic mass is 10.1. The molecule has 32 heavy (non-hydrogen) atoms. The molecule has 1 fully saturated rings. The van der Waals surface area contributed by atoms with E-state index in [9.17, 15) is 9.59 Å². The SMILES string of the molecule is CCc1ccc(-n2c(C)cc(/C=C3\C(=O)NC(=S)N(c4cccc(C)c4)C3=O)c2C)cc1. The lowest BCUT2D eigenvalue weighted by Crippen LogP contribution is -2.54. The van der Waals surface area contributed by atoms with Crippen LogP contribution in [0.1, 0.15) is 35.0 Å². The van der Waals surface area contributed by atoms with E-state index in [4.69, 9.17) is 12.2 Å². The minimum atomic E-state index is -0.485. The van der Waals surface area contributed by atoms with Crippen LogP contribution in [0.3, 0.4) is 0 Å². The molecule has 1 N–H and O–H groups in total. The van der Waals surface area contributed by atoms with Gasteiger partial charge in [-0.15, -0.1) is 0 Å². The van der Waals surface area contributed by atoms with E-state index in [1.54, 1.807) is 12.1 Å². The summed E-state index contributed by atoms with van der Waals surface area (Å²) < 4.78 is 2.12. The predicted molar refractivity (Wildman–Crippen MR) is 132 cm³/mol. The molecule has 0 atom stereocenters. The number of amides is 2. The van der Waals surface area contributed by atoms with Crippen molar-refractivity contribution in [1.29, 1.82) is 0 Å². The maximum Gasteiger partial charge on any atom is 0.270 e. The molecule has 0 aliphatic carbocycles. The highest BCUT2D eigenvalue weighted by atomic mass is 32.1. The van der Waals surface area contributed by atoms with Crippen LogP contribution in [-0.4, -0.2) is 21.5 Å². The zero-order chi connectivity index (χ0) is 23.0. The maximum atomic E-state index is 13.3. The molecule has 1 aromatic heterocycles. The number of carbonyl (C=O) groups excluding carboxylic acids is 2. The third kappa shape index (κ3) is 3.89.